The van der Waals surface area contributed by atoms with Gasteiger partial charge in [-0.05, 0) is 32.0 Å². The molecule has 26 heavy (non-hydrogen) atoms. The molecule has 2 aromatic carbocycles. The quantitative estimate of drug-likeness (QED) is 0.724. The summed E-state index contributed by atoms with van der Waals surface area (Å²) in [6.45, 7) is 3.78. The highest BCUT2D eigenvalue weighted by atomic mass is 19.1. The molecule has 1 aromatic heterocycles. The van der Waals surface area contributed by atoms with Crippen molar-refractivity contribution in [1.82, 2.24) is 9.55 Å². The molecule has 6 heteroatoms. The molecule has 1 atom stereocenters. The van der Waals surface area contributed by atoms with Crippen LogP contribution < -0.4 is 5.32 Å². The Labute approximate surface area is 150 Å². The number of imidazole rings is 1. The van der Waals surface area contributed by atoms with Gasteiger partial charge >= 0.3 is 5.97 Å². The van der Waals surface area contributed by atoms with Crippen molar-refractivity contribution in [3.8, 4) is 0 Å². The van der Waals surface area contributed by atoms with Gasteiger partial charge in [0.25, 0.3) is 0 Å². The van der Waals surface area contributed by atoms with Crippen molar-refractivity contribution in [2.45, 2.75) is 19.9 Å². The zero-order valence-corrected chi connectivity index (χ0v) is 14.5. The van der Waals surface area contributed by atoms with Crippen molar-refractivity contribution < 1.29 is 13.9 Å². The van der Waals surface area contributed by atoms with Crippen molar-refractivity contribution in [3.63, 3.8) is 0 Å². The number of allylic oxidation sites excluding steroid dienone is 1. The first-order chi connectivity index (χ1) is 12.6. The predicted molar refractivity (Wildman–Crippen MR) is 97.2 cm³/mol. The molecule has 1 aliphatic heterocycles. The first-order valence-electron chi connectivity index (χ1n) is 8.48. The fourth-order valence-electron chi connectivity index (χ4n) is 3.43. The molecule has 0 aliphatic carbocycles. The topological polar surface area (TPSA) is 56.1 Å². The predicted octanol–water partition coefficient (Wildman–Crippen LogP) is 4.03. The van der Waals surface area contributed by atoms with Crippen LogP contribution >= 0.6 is 0 Å². The van der Waals surface area contributed by atoms with Crippen LogP contribution in [0, 0.1) is 5.82 Å². The normalized spacial score (nSPS) is 16.3. The lowest BCUT2D eigenvalue weighted by molar-refractivity contribution is -0.139. The van der Waals surface area contributed by atoms with E-state index in [2.05, 4.69) is 10.3 Å². The van der Waals surface area contributed by atoms with Crippen LogP contribution in [0.4, 0.5) is 10.3 Å². The third-order valence-electron chi connectivity index (χ3n) is 4.53. The van der Waals surface area contributed by atoms with Gasteiger partial charge in [0.15, 0.2) is 0 Å². The van der Waals surface area contributed by atoms with E-state index >= 15 is 0 Å². The summed E-state index contributed by atoms with van der Waals surface area (Å²) in [5.74, 6) is -0.267. The first kappa shape index (κ1) is 16.3. The number of benzene rings is 2. The molecule has 132 valence electrons. The van der Waals surface area contributed by atoms with E-state index in [4.69, 9.17) is 4.74 Å². The first-order valence-corrected chi connectivity index (χ1v) is 8.48. The van der Waals surface area contributed by atoms with E-state index in [9.17, 15) is 9.18 Å². The van der Waals surface area contributed by atoms with E-state index in [0.717, 1.165) is 11.0 Å². The van der Waals surface area contributed by atoms with Crippen molar-refractivity contribution >= 4 is 23.0 Å². The standard InChI is InChI=1S/C20H18FN3O2/c1-3-26-19(25)17-12(2)22-20-23-15-10-6-7-11-16(15)24(20)18(17)13-8-4-5-9-14(13)21/h4-11,18H,3H2,1-2H3,(H,22,23)/t18-/m0/s1. The maximum Gasteiger partial charge on any atom is 0.338 e. The Balaban J connectivity index is 2.01. The molecule has 5 nitrogen and oxygen atoms in total. The highest BCUT2D eigenvalue weighted by Crippen LogP contribution is 2.40. The molecule has 1 N–H and O–H groups in total. The third-order valence-corrected chi connectivity index (χ3v) is 4.53. The Bertz CT molecular complexity index is 1040. The fourth-order valence-corrected chi connectivity index (χ4v) is 3.43. The molecule has 0 bridgehead atoms. The van der Waals surface area contributed by atoms with Crippen molar-refractivity contribution in [2.75, 3.05) is 11.9 Å². The van der Waals surface area contributed by atoms with Crippen LogP contribution in [-0.2, 0) is 9.53 Å². The molecule has 0 radical (unpaired) electrons. The van der Waals surface area contributed by atoms with Gasteiger partial charge in [-0.15, -0.1) is 0 Å². The average Bonchev–Trinajstić information content (AvgIpc) is 2.99. The second-order valence-corrected chi connectivity index (χ2v) is 6.10. The number of anilines is 1. The molecule has 0 unspecified atom stereocenters. The molecule has 0 saturated heterocycles. The minimum atomic E-state index is -0.654. The Morgan fingerprint density at radius 1 is 1.23 bits per heavy atom. The molecule has 0 saturated carbocycles. The summed E-state index contributed by atoms with van der Waals surface area (Å²) in [6.07, 6.45) is 0. The van der Waals surface area contributed by atoms with Gasteiger partial charge in [-0.2, -0.15) is 0 Å². The maximum atomic E-state index is 14.7. The number of aromatic nitrogens is 2. The summed E-state index contributed by atoms with van der Waals surface area (Å²) in [5, 5.41) is 3.17. The maximum absolute atomic E-state index is 14.7. The van der Waals surface area contributed by atoms with Gasteiger partial charge in [0.2, 0.25) is 5.95 Å². The molecule has 0 fully saturated rings. The monoisotopic (exact) mass is 351 g/mol. The summed E-state index contributed by atoms with van der Waals surface area (Å²) in [7, 11) is 0. The van der Waals surface area contributed by atoms with Crippen LogP contribution in [0.25, 0.3) is 11.0 Å². The van der Waals surface area contributed by atoms with Crippen molar-refractivity contribution in [2.24, 2.45) is 0 Å². The number of fused-ring (bicyclic) bond motifs is 3. The second kappa shape index (κ2) is 6.29. The lowest BCUT2D eigenvalue weighted by Crippen LogP contribution is -2.29. The Morgan fingerprint density at radius 2 is 1.96 bits per heavy atom. The van der Waals surface area contributed by atoms with Gasteiger partial charge in [-0.25, -0.2) is 14.2 Å². The van der Waals surface area contributed by atoms with Crippen molar-refractivity contribution in [1.29, 1.82) is 0 Å². The number of ether oxygens (including phenoxy) is 1. The minimum absolute atomic E-state index is 0.247. The summed E-state index contributed by atoms with van der Waals surface area (Å²) in [4.78, 5) is 17.3. The minimum Gasteiger partial charge on any atom is -0.463 e. The Hall–Kier alpha value is -3.15. The highest BCUT2D eigenvalue weighted by Gasteiger charge is 2.36. The second-order valence-electron chi connectivity index (χ2n) is 6.10. The van der Waals surface area contributed by atoms with Gasteiger partial charge in [-0.3, -0.25) is 4.57 Å². The van der Waals surface area contributed by atoms with Crippen LogP contribution in [0.5, 0.6) is 0 Å². The number of hydrogen-bond acceptors (Lipinski definition) is 4. The van der Waals surface area contributed by atoms with Crippen LogP contribution in [0.15, 0.2) is 59.8 Å². The number of esters is 1. The molecular formula is C20H18FN3O2. The number of nitrogens with one attached hydrogen (secondary N) is 1. The molecule has 3 aromatic rings. The summed E-state index contributed by atoms with van der Waals surface area (Å²) in [5.41, 5.74) is 2.99. The molecule has 0 spiro atoms. The molecule has 2 heterocycles. The van der Waals surface area contributed by atoms with Crippen LogP contribution in [0.1, 0.15) is 25.5 Å². The van der Waals surface area contributed by atoms with E-state index in [-0.39, 0.29) is 12.4 Å². The van der Waals surface area contributed by atoms with E-state index < -0.39 is 12.0 Å². The number of nitrogens with zero attached hydrogens (tertiary/aromatic N) is 2. The number of rotatable bonds is 3. The lowest BCUT2D eigenvalue weighted by Gasteiger charge is -2.30. The van der Waals surface area contributed by atoms with E-state index in [1.54, 1.807) is 32.0 Å². The van der Waals surface area contributed by atoms with E-state index in [1.165, 1.54) is 6.07 Å². The number of halogens is 1. The highest BCUT2D eigenvalue weighted by molar-refractivity contribution is 5.94. The number of carbonyl (C=O) groups excluding carboxylic acids is 1. The summed E-state index contributed by atoms with van der Waals surface area (Å²) >= 11 is 0. The zero-order valence-electron chi connectivity index (χ0n) is 14.5. The van der Waals surface area contributed by atoms with Crippen LogP contribution in [-0.4, -0.2) is 22.1 Å². The molecule has 0 amide bonds. The Morgan fingerprint density at radius 3 is 2.73 bits per heavy atom. The van der Waals surface area contributed by atoms with E-state index in [0.29, 0.717) is 22.8 Å². The van der Waals surface area contributed by atoms with Crippen molar-refractivity contribution in [3.05, 3.63) is 71.2 Å². The van der Waals surface area contributed by atoms with E-state index in [1.807, 2.05) is 28.8 Å². The summed E-state index contributed by atoms with van der Waals surface area (Å²) in [6, 6.07) is 13.4. The zero-order chi connectivity index (χ0) is 18.3. The molecule has 4 rings (SSSR count). The average molecular weight is 351 g/mol. The number of hydrogen-bond donors (Lipinski definition) is 1. The van der Waals surface area contributed by atoms with Crippen LogP contribution in [0.3, 0.4) is 0 Å². The largest absolute Gasteiger partial charge is 0.463 e. The molecule has 1 aliphatic rings. The fraction of sp³-hybridized carbons (Fsp3) is 0.200. The van der Waals surface area contributed by atoms with Gasteiger partial charge < -0.3 is 10.1 Å². The van der Waals surface area contributed by atoms with Gasteiger partial charge in [0, 0.05) is 11.3 Å². The molecular weight excluding hydrogens is 333 g/mol. The van der Waals surface area contributed by atoms with Gasteiger partial charge in [0.05, 0.1) is 29.3 Å². The van der Waals surface area contributed by atoms with Gasteiger partial charge in [-0.1, -0.05) is 30.3 Å². The Kier molecular flexibility index (Phi) is 3.95. The third kappa shape index (κ3) is 2.45. The lowest BCUT2D eigenvalue weighted by atomic mass is 9.94. The summed E-state index contributed by atoms with van der Waals surface area (Å²) < 4.78 is 21.8. The smallest absolute Gasteiger partial charge is 0.338 e. The number of carbonyl (C=O) groups is 1. The van der Waals surface area contributed by atoms with Gasteiger partial charge in [0.1, 0.15) is 5.82 Å². The van der Waals surface area contributed by atoms with Crippen LogP contribution in [0.2, 0.25) is 0 Å². The SMILES string of the molecule is CCOC(=O)C1=C(C)Nc2nc3ccccc3n2[C@H]1c1ccccc1F. The number of para-hydroxylation sites is 2.